The molecule has 0 radical (unpaired) electrons. The van der Waals surface area contributed by atoms with Crippen LogP contribution in [0.15, 0.2) is 47.1 Å². The summed E-state index contributed by atoms with van der Waals surface area (Å²) in [6.45, 7) is 12.9. The molecular weight excluding hydrogens is 216 g/mol. The van der Waals surface area contributed by atoms with E-state index >= 15 is 0 Å². The summed E-state index contributed by atoms with van der Waals surface area (Å²) in [7, 11) is 0. The van der Waals surface area contributed by atoms with Gasteiger partial charge in [-0.05, 0) is 63.8 Å². The summed E-state index contributed by atoms with van der Waals surface area (Å²) in [5.41, 5.74) is 7.93. The zero-order valence-corrected chi connectivity index (χ0v) is 12.5. The van der Waals surface area contributed by atoms with E-state index in [1.807, 2.05) is 0 Å². The van der Waals surface area contributed by atoms with E-state index < -0.39 is 0 Å². The highest BCUT2D eigenvalue weighted by Crippen LogP contribution is 2.15. The van der Waals surface area contributed by atoms with Crippen LogP contribution >= 0.6 is 0 Å². The lowest BCUT2D eigenvalue weighted by Crippen LogP contribution is -1.83. The van der Waals surface area contributed by atoms with Gasteiger partial charge in [-0.25, -0.2) is 0 Å². The maximum Gasteiger partial charge on any atom is -0.0227 e. The lowest BCUT2D eigenvalue weighted by Gasteiger charge is -2.03. The largest absolute Gasteiger partial charge is 0.0762 e. The van der Waals surface area contributed by atoms with E-state index in [1.165, 1.54) is 33.4 Å². The second kappa shape index (κ2) is 6.39. The Bertz CT molecular complexity index is 507. The van der Waals surface area contributed by atoms with Gasteiger partial charge in [0.05, 0.1) is 0 Å². The molecular formula is C18H24. The third kappa shape index (κ3) is 4.37. The number of hydrogen-bond donors (Lipinski definition) is 0. The van der Waals surface area contributed by atoms with Crippen molar-refractivity contribution < 1.29 is 0 Å². The van der Waals surface area contributed by atoms with E-state index in [0.717, 1.165) is 0 Å². The zero-order chi connectivity index (χ0) is 13.7. The Labute approximate surface area is 112 Å². The minimum atomic E-state index is 1.30. The molecule has 0 heteroatoms. The molecule has 1 rings (SSSR count). The van der Waals surface area contributed by atoms with Crippen molar-refractivity contribution in [3.63, 3.8) is 0 Å². The van der Waals surface area contributed by atoms with Crippen LogP contribution in [-0.4, -0.2) is 0 Å². The van der Waals surface area contributed by atoms with E-state index in [-0.39, 0.29) is 0 Å². The van der Waals surface area contributed by atoms with E-state index in [4.69, 9.17) is 0 Å². The van der Waals surface area contributed by atoms with Crippen molar-refractivity contribution in [2.45, 2.75) is 41.5 Å². The van der Waals surface area contributed by atoms with E-state index in [1.54, 1.807) is 0 Å². The topological polar surface area (TPSA) is 0 Å². The molecule has 0 aliphatic rings. The van der Waals surface area contributed by atoms with Crippen LogP contribution in [0.5, 0.6) is 0 Å². The number of rotatable bonds is 3. The van der Waals surface area contributed by atoms with Gasteiger partial charge < -0.3 is 0 Å². The molecule has 0 amide bonds. The van der Waals surface area contributed by atoms with Gasteiger partial charge >= 0.3 is 0 Å². The van der Waals surface area contributed by atoms with Crippen molar-refractivity contribution >= 4 is 6.08 Å². The van der Waals surface area contributed by atoms with Crippen molar-refractivity contribution in [1.82, 2.24) is 0 Å². The van der Waals surface area contributed by atoms with Gasteiger partial charge in [0.25, 0.3) is 0 Å². The summed E-state index contributed by atoms with van der Waals surface area (Å²) in [6, 6.07) is 6.57. The minimum Gasteiger partial charge on any atom is -0.0762 e. The van der Waals surface area contributed by atoms with Crippen molar-refractivity contribution in [1.29, 1.82) is 0 Å². The Kier molecular flexibility index (Phi) is 5.15. The lowest BCUT2D eigenvalue weighted by molar-refractivity contribution is 1.31. The molecule has 0 unspecified atom stereocenters. The summed E-state index contributed by atoms with van der Waals surface area (Å²) in [5.74, 6) is 0. The molecule has 0 saturated heterocycles. The van der Waals surface area contributed by atoms with Gasteiger partial charge in [0.2, 0.25) is 0 Å². The first kappa shape index (κ1) is 14.5. The fourth-order valence-corrected chi connectivity index (χ4v) is 1.91. The predicted octanol–water partition coefficient (Wildman–Crippen LogP) is 5.62. The normalized spacial score (nSPS) is 12.6. The van der Waals surface area contributed by atoms with Crippen LogP contribution in [0.3, 0.4) is 0 Å². The van der Waals surface area contributed by atoms with Crippen LogP contribution in [-0.2, 0) is 0 Å². The molecule has 0 bridgehead atoms. The summed E-state index contributed by atoms with van der Waals surface area (Å²) >= 11 is 0. The van der Waals surface area contributed by atoms with E-state index in [9.17, 15) is 0 Å². The van der Waals surface area contributed by atoms with Crippen LogP contribution in [0.25, 0.3) is 6.08 Å². The quantitative estimate of drug-likeness (QED) is 0.601. The SMILES string of the molecule is CC(C)=C/C(C)=C(C)/C=C/c1ccc(C)cc1C. The maximum atomic E-state index is 2.22. The fourth-order valence-electron chi connectivity index (χ4n) is 1.91. The Morgan fingerprint density at radius 2 is 1.61 bits per heavy atom. The molecule has 0 fully saturated rings. The van der Waals surface area contributed by atoms with Crippen molar-refractivity contribution in [3.05, 3.63) is 63.8 Å². The highest BCUT2D eigenvalue weighted by molar-refractivity contribution is 5.57. The third-order valence-electron chi connectivity index (χ3n) is 3.07. The number of hydrogen-bond acceptors (Lipinski definition) is 0. The van der Waals surface area contributed by atoms with Gasteiger partial charge in [0.1, 0.15) is 0 Å². The monoisotopic (exact) mass is 240 g/mol. The fraction of sp³-hybridized carbons (Fsp3) is 0.333. The van der Waals surface area contributed by atoms with Crippen molar-refractivity contribution in [3.8, 4) is 0 Å². The first-order chi connectivity index (χ1) is 8.40. The Morgan fingerprint density at radius 1 is 0.944 bits per heavy atom. The van der Waals surface area contributed by atoms with Gasteiger partial charge in [-0.3, -0.25) is 0 Å². The summed E-state index contributed by atoms with van der Waals surface area (Å²) in [6.07, 6.45) is 6.63. The lowest BCUT2D eigenvalue weighted by atomic mass is 10.0. The number of benzene rings is 1. The molecule has 0 aliphatic heterocycles. The van der Waals surface area contributed by atoms with Crippen LogP contribution < -0.4 is 0 Å². The zero-order valence-electron chi connectivity index (χ0n) is 12.5. The first-order valence-electron chi connectivity index (χ1n) is 6.48. The number of allylic oxidation sites excluding steroid dienone is 5. The van der Waals surface area contributed by atoms with Gasteiger partial charge in [-0.1, -0.05) is 47.6 Å². The average molecular weight is 240 g/mol. The third-order valence-corrected chi connectivity index (χ3v) is 3.07. The average Bonchev–Trinajstić information content (AvgIpc) is 2.26. The highest BCUT2D eigenvalue weighted by atomic mass is 14.0. The molecule has 0 saturated carbocycles. The minimum absolute atomic E-state index is 1.30. The van der Waals surface area contributed by atoms with E-state index in [0.29, 0.717) is 0 Å². The maximum absolute atomic E-state index is 2.22. The molecule has 0 aromatic heterocycles. The summed E-state index contributed by atoms with van der Waals surface area (Å²) < 4.78 is 0. The first-order valence-corrected chi connectivity index (χ1v) is 6.48. The molecule has 0 nitrogen and oxygen atoms in total. The highest BCUT2D eigenvalue weighted by Gasteiger charge is 1.95. The van der Waals surface area contributed by atoms with Crippen molar-refractivity contribution in [2.24, 2.45) is 0 Å². The molecule has 18 heavy (non-hydrogen) atoms. The second-order valence-corrected chi connectivity index (χ2v) is 5.28. The molecule has 1 aromatic rings. The van der Waals surface area contributed by atoms with Crippen molar-refractivity contribution in [2.75, 3.05) is 0 Å². The molecule has 1 aromatic carbocycles. The molecule has 0 spiro atoms. The predicted molar refractivity (Wildman–Crippen MR) is 82.8 cm³/mol. The van der Waals surface area contributed by atoms with Crippen LogP contribution in [0.4, 0.5) is 0 Å². The smallest absolute Gasteiger partial charge is 0.0227 e. The summed E-state index contributed by atoms with van der Waals surface area (Å²) in [4.78, 5) is 0. The van der Waals surface area contributed by atoms with Crippen LogP contribution in [0, 0.1) is 13.8 Å². The molecule has 0 aliphatic carbocycles. The molecule has 0 atom stereocenters. The summed E-state index contributed by atoms with van der Waals surface area (Å²) in [5, 5.41) is 0. The van der Waals surface area contributed by atoms with Crippen LogP contribution in [0.1, 0.15) is 44.4 Å². The number of aryl methyl sites for hydroxylation is 2. The Balaban J connectivity index is 2.97. The Hall–Kier alpha value is -1.56. The second-order valence-electron chi connectivity index (χ2n) is 5.28. The van der Waals surface area contributed by atoms with Gasteiger partial charge in [-0.2, -0.15) is 0 Å². The molecule has 0 N–H and O–H groups in total. The van der Waals surface area contributed by atoms with Gasteiger partial charge in [0.15, 0.2) is 0 Å². The van der Waals surface area contributed by atoms with Gasteiger partial charge in [-0.15, -0.1) is 0 Å². The molecule has 0 heterocycles. The van der Waals surface area contributed by atoms with E-state index in [2.05, 4.69) is 78.0 Å². The standard InChI is InChI=1S/C18H24/c1-13(2)11-16(5)15(4)8-10-18-9-7-14(3)12-17(18)6/h7-12H,1-6H3/b10-8+,16-15+. The molecule has 96 valence electrons. The Morgan fingerprint density at radius 3 is 2.17 bits per heavy atom. The van der Waals surface area contributed by atoms with Gasteiger partial charge in [0, 0.05) is 0 Å². The van der Waals surface area contributed by atoms with Crippen LogP contribution in [0.2, 0.25) is 0 Å².